The summed E-state index contributed by atoms with van der Waals surface area (Å²) in [4.78, 5) is 0. The molecule has 4 unspecified atom stereocenters. The number of hydrogen-bond acceptors (Lipinski definition) is 2. The summed E-state index contributed by atoms with van der Waals surface area (Å²) in [6.07, 6.45) is 2.86. The van der Waals surface area contributed by atoms with Crippen LogP contribution in [0.25, 0.3) is 0 Å². The molecule has 2 heteroatoms. The van der Waals surface area contributed by atoms with Gasteiger partial charge in [0.05, 0.1) is 23.9 Å². The molecule has 0 amide bonds. The van der Waals surface area contributed by atoms with Gasteiger partial charge in [-0.15, -0.1) is 0 Å². The second-order valence-corrected chi connectivity index (χ2v) is 5.11. The van der Waals surface area contributed by atoms with Crippen molar-refractivity contribution in [2.45, 2.75) is 57.8 Å². The fourth-order valence-corrected chi connectivity index (χ4v) is 1.84. The molecule has 0 aromatic carbocycles. The van der Waals surface area contributed by atoms with E-state index in [-0.39, 0.29) is 11.2 Å². The number of rotatable bonds is 4. The minimum absolute atomic E-state index is 0.180. The monoisotopic (exact) mass is 184 g/mol. The van der Waals surface area contributed by atoms with Gasteiger partial charge in [0, 0.05) is 0 Å². The molecule has 0 spiro atoms. The molecule has 2 rings (SSSR count). The molecule has 13 heavy (non-hydrogen) atoms. The molecule has 2 heterocycles. The zero-order valence-electron chi connectivity index (χ0n) is 9.09. The van der Waals surface area contributed by atoms with E-state index in [1.54, 1.807) is 0 Å². The summed E-state index contributed by atoms with van der Waals surface area (Å²) in [6, 6.07) is 0. The molecule has 0 aromatic rings. The third-order valence-electron chi connectivity index (χ3n) is 3.96. The highest BCUT2D eigenvalue weighted by Gasteiger charge is 2.50. The largest absolute Gasteiger partial charge is 0.370 e. The summed E-state index contributed by atoms with van der Waals surface area (Å²) >= 11 is 0. The zero-order valence-corrected chi connectivity index (χ0v) is 9.09. The summed E-state index contributed by atoms with van der Waals surface area (Å²) in [6.45, 7) is 9.79. The molecule has 2 saturated heterocycles. The minimum atomic E-state index is 0.180. The maximum absolute atomic E-state index is 5.55. The number of hydrogen-bond donors (Lipinski definition) is 0. The van der Waals surface area contributed by atoms with Gasteiger partial charge in [-0.25, -0.2) is 0 Å². The Hall–Kier alpha value is -0.0800. The Kier molecular flexibility index (Phi) is 1.97. The van der Waals surface area contributed by atoms with Crippen molar-refractivity contribution in [3.63, 3.8) is 0 Å². The van der Waals surface area contributed by atoms with E-state index >= 15 is 0 Å². The van der Waals surface area contributed by atoms with Crippen molar-refractivity contribution in [1.82, 2.24) is 0 Å². The average Bonchev–Trinajstić information content (AvgIpc) is 2.92. The van der Waals surface area contributed by atoms with Crippen LogP contribution in [-0.4, -0.2) is 23.9 Å². The van der Waals surface area contributed by atoms with Crippen LogP contribution in [0.5, 0.6) is 0 Å². The van der Waals surface area contributed by atoms with Gasteiger partial charge >= 0.3 is 0 Å². The summed E-state index contributed by atoms with van der Waals surface area (Å²) in [5.41, 5.74) is 0.369. The van der Waals surface area contributed by atoms with E-state index in [0.717, 1.165) is 6.61 Å². The lowest BCUT2D eigenvalue weighted by atomic mass is 9.88. The third-order valence-corrected chi connectivity index (χ3v) is 3.96. The lowest BCUT2D eigenvalue weighted by Gasteiger charge is -2.16. The number of ether oxygens (including phenoxy) is 2. The van der Waals surface area contributed by atoms with Crippen molar-refractivity contribution in [2.24, 2.45) is 5.92 Å². The third kappa shape index (κ3) is 1.75. The van der Waals surface area contributed by atoms with E-state index in [9.17, 15) is 0 Å². The molecule has 0 radical (unpaired) electrons. The summed E-state index contributed by atoms with van der Waals surface area (Å²) in [7, 11) is 0. The predicted octanol–water partition coefficient (Wildman–Crippen LogP) is 2.37. The Morgan fingerprint density at radius 1 is 1.46 bits per heavy atom. The van der Waals surface area contributed by atoms with Gasteiger partial charge in [-0.2, -0.15) is 0 Å². The topological polar surface area (TPSA) is 25.1 Å². The van der Waals surface area contributed by atoms with Crippen molar-refractivity contribution in [3.05, 3.63) is 0 Å². The van der Waals surface area contributed by atoms with E-state index in [2.05, 4.69) is 27.7 Å². The first-order valence-corrected chi connectivity index (χ1v) is 5.28. The van der Waals surface area contributed by atoms with Crippen LogP contribution in [0.15, 0.2) is 0 Å². The number of epoxide rings is 2. The minimum Gasteiger partial charge on any atom is -0.370 e. The lowest BCUT2D eigenvalue weighted by Crippen LogP contribution is -2.20. The van der Waals surface area contributed by atoms with Crippen molar-refractivity contribution < 1.29 is 9.47 Å². The summed E-state index contributed by atoms with van der Waals surface area (Å²) in [5, 5.41) is 0. The van der Waals surface area contributed by atoms with Gasteiger partial charge < -0.3 is 9.47 Å². The Morgan fingerprint density at radius 2 is 2.00 bits per heavy atom. The molecular weight excluding hydrogens is 164 g/mol. The van der Waals surface area contributed by atoms with E-state index in [4.69, 9.17) is 9.47 Å². The van der Waals surface area contributed by atoms with Gasteiger partial charge in [0.2, 0.25) is 0 Å². The van der Waals surface area contributed by atoms with Crippen LogP contribution in [0.3, 0.4) is 0 Å². The van der Waals surface area contributed by atoms with E-state index < -0.39 is 0 Å². The van der Waals surface area contributed by atoms with Crippen LogP contribution < -0.4 is 0 Å². The standard InChI is InChI=1S/C11H20O2/c1-8(11(4)7-12-11)5-6-10(3)9(2)13-10/h8-9H,5-7H2,1-4H3. The van der Waals surface area contributed by atoms with Crippen LogP contribution in [0, 0.1) is 5.92 Å². The van der Waals surface area contributed by atoms with Gasteiger partial charge in [-0.05, 0) is 39.5 Å². The molecule has 2 aliphatic heterocycles. The molecule has 0 aromatic heterocycles. The molecule has 2 nitrogen and oxygen atoms in total. The predicted molar refractivity (Wildman–Crippen MR) is 51.7 cm³/mol. The maximum Gasteiger partial charge on any atom is 0.0917 e. The highest BCUT2D eigenvalue weighted by Crippen LogP contribution is 2.44. The van der Waals surface area contributed by atoms with Crippen LogP contribution in [0.2, 0.25) is 0 Å². The Bertz CT molecular complexity index is 210. The first-order valence-electron chi connectivity index (χ1n) is 5.28. The normalized spacial score (nSPS) is 50.3. The van der Waals surface area contributed by atoms with E-state index in [0.29, 0.717) is 12.0 Å². The smallest absolute Gasteiger partial charge is 0.0917 e. The van der Waals surface area contributed by atoms with E-state index in [1.807, 2.05) is 0 Å². The van der Waals surface area contributed by atoms with Crippen LogP contribution in [-0.2, 0) is 9.47 Å². The summed E-state index contributed by atoms with van der Waals surface area (Å²) < 4.78 is 11.0. The fraction of sp³-hybridized carbons (Fsp3) is 1.00. The Morgan fingerprint density at radius 3 is 2.38 bits per heavy atom. The second kappa shape index (κ2) is 2.71. The van der Waals surface area contributed by atoms with Crippen LogP contribution in [0.4, 0.5) is 0 Å². The highest BCUT2D eigenvalue weighted by molar-refractivity contribution is 4.98. The quantitative estimate of drug-likeness (QED) is 0.627. The van der Waals surface area contributed by atoms with Gasteiger partial charge in [0.25, 0.3) is 0 Å². The molecule has 76 valence electrons. The molecule has 4 atom stereocenters. The van der Waals surface area contributed by atoms with Crippen LogP contribution >= 0.6 is 0 Å². The van der Waals surface area contributed by atoms with Gasteiger partial charge in [0.1, 0.15) is 0 Å². The van der Waals surface area contributed by atoms with Crippen molar-refractivity contribution >= 4 is 0 Å². The molecule has 2 fully saturated rings. The molecule has 0 bridgehead atoms. The fourth-order valence-electron chi connectivity index (χ4n) is 1.84. The average molecular weight is 184 g/mol. The molecule has 0 aliphatic carbocycles. The molecule has 0 saturated carbocycles. The lowest BCUT2D eigenvalue weighted by molar-refractivity contribution is 0.215. The molecular formula is C11H20O2. The first-order chi connectivity index (χ1) is 5.96. The Labute approximate surface area is 80.6 Å². The summed E-state index contributed by atoms with van der Waals surface area (Å²) in [5.74, 6) is 0.667. The van der Waals surface area contributed by atoms with Gasteiger partial charge in [0.15, 0.2) is 0 Å². The second-order valence-electron chi connectivity index (χ2n) is 5.11. The van der Waals surface area contributed by atoms with E-state index in [1.165, 1.54) is 12.8 Å². The van der Waals surface area contributed by atoms with Crippen molar-refractivity contribution in [1.29, 1.82) is 0 Å². The van der Waals surface area contributed by atoms with Crippen molar-refractivity contribution in [3.8, 4) is 0 Å². The van der Waals surface area contributed by atoms with Gasteiger partial charge in [-0.1, -0.05) is 6.92 Å². The highest BCUT2D eigenvalue weighted by atomic mass is 16.6. The van der Waals surface area contributed by atoms with Gasteiger partial charge in [-0.3, -0.25) is 0 Å². The maximum atomic E-state index is 5.55. The SMILES string of the molecule is CC(CCC1(C)OC1C)C1(C)CO1. The first kappa shape index (κ1) is 9.47. The molecule has 0 N–H and O–H groups in total. The van der Waals surface area contributed by atoms with Crippen molar-refractivity contribution in [2.75, 3.05) is 6.61 Å². The molecule has 2 aliphatic rings. The Balaban J connectivity index is 1.74. The van der Waals surface area contributed by atoms with Crippen LogP contribution in [0.1, 0.15) is 40.5 Å². The zero-order chi connectivity index (χ0) is 9.69.